The number of halogens is 1. The monoisotopic (exact) mass is 571 g/mol. The molecule has 2 atom stereocenters. The van der Waals surface area contributed by atoms with Gasteiger partial charge in [0.15, 0.2) is 11.5 Å². The highest BCUT2D eigenvalue weighted by atomic mass is 35.5. The zero-order valence-corrected chi connectivity index (χ0v) is 24.6. The fraction of sp³-hybridized carbons (Fsp3) is 0.265. The van der Waals surface area contributed by atoms with E-state index in [-0.39, 0.29) is 18.4 Å². The van der Waals surface area contributed by atoms with E-state index in [1.165, 1.54) is 0 Å². The maximum atomic E-state index is 13.8. The van der Waals surface area contributed by atoms with Gasteiger partial charge < -0.3 is 24.2 Å². The number of rotatable bonds is 8. The number of methoxy groups -OCH3 is 2. The number of carbonyl (C=O) groups is 1. The summed E-state index contributed by atoms with van der Waals surface area (Å²) in [7, 11) is 3.20. The van der Waals surface area contributed by atoms with E-state index in [4.69, 9.17) is 25.8 Å². The molecule has 4 aromatic carbocycles. The molecule has 0 radical (unpaired) electrons. The Labute approximate surface area is 246 Å². The Bertz CT molecular complexity index is 1550. The molecule has 5 rings (SSSR count). The van der Waals surface area contributed by atoms with E-state index in [2.05, 4.69) is 0 Å². The van der Waals surface area contributed by atoms with Gasteiger partial charge in [0.1, 0.15) is 11.4 Å². The lowest BCUT2D eigenvalue weighted by Crippen LogP contribution is -2.41. The summed E-state index contributed by atoms with van der Waals surface area (Å²) in [6, 6.07) is 25.9. The van der Waals surface area contributed by atoms with Crippen LogP contribution in [0.1, 0.15) is 54.6 Å². The molecule has 0 saturated heterocycles. The lowest BCUT2D eigenvalue weighted by molar-refractivity contribution is -0.118. The minimum Gasteiger partial charge on any atom is -0.497 e. The number of nitrogens with zero attached hydrogens (tertiary/aromatic N) is 1. The van der Waals surface area contributed by atoms with Crippen LogP contribution in [0.3, 0.4) is 0 Å². The first kappa shape index (κ1) is 28.5. The Morgan fingerprint density at radius 1 is 0.902 bits per heavy atom. The van der Waals surface area contributed by atoms with Gasteiger partial charge in [0.25, 0.3) is 0 Å². The van der Waals surface area contributed by atoms with E-state index in [1.807, 2.05) is 98.8 Å². The van der Waals surface area contributed by atoms with Gasteiger partial charge >= 0.3 is 0 Å². The van der Waals surface area contributed by atoms with Crippen LogP contribution in [-0.4, -0.2) is 31.3 Å². The van der Waals surface area contributed by atoms with E-state index < -0.39 is 11.6 Å². The van der Waals surface area contributed by atoms with Gasteiger partial charge in [0.05, 0.1) is 32.8 Å². The molecule has 1 heterocycles. The van der Waals surface area contributed by atoms with Crippen LogP contribution in [0.15, 0.2) is 84.9 Å². The molecule has 7 heteroatoms. The Kier molecular flexibility index (Phi) is 7.98. The van der Waals surface area contributed by atoms with Crippen LogP contribution in [0.2, 0.25) is 5.02 Å². The molecular formula is C34H34ClNO5. The van der Waals surface area contributed by atoms with Crippen molar-refractivity contribution >= 4 is 23.2 Å². The summed E-state index contributed by atoms with van der Waals surface area (Å²) in [5, 5.41) is 12.1. The molecule has 6 nitrogen and oxygen atoms in total. The first-order valence-electron chi connectivity index (χ1n) is 13.5. The van der Waals surface area contributed by atoms with Crippen molar-refractivity contribution < 1.29 is 24.1 Å². The average Bonchev–Trinajstić information content (AvgIpc) is 2.96. The molecule has 1 aliphatic rings. The number of benzene rings is 4. The minimum atomic E-state index is -1.26. The van der Waals surface area contributed by atoms with Crippen LogP contribution in [0, 0.1) is 0 Å². The number of hydrogen-bond acceptors (Lipinski definition) is 5. The summed E-state index contributed by atoms with van der Waals surface area (Å²) >= 11 is 6.24. The maximum Gasteiger partial charge on any atom is 0.232 e. The summed E-state index contributed by atoms with van der Waals surface area (Å²) in [6.45, 7) is 5.68. The Morgan fingerprint density at radius 2 is 1.61 bits per heavy atom. The zero-order chi connectivity index (χ0) is 29.3. The summed E-state index contributed by atoms with van der Waals surface area (Å²) in [6.07, 6.45) is 0.156. The Hall–Kier alpha value is -4.00. The van der Waals surface area contributed by atoms with Crippen LogP contribution < -0.4 is 19.1 Å². The van der Waals surface area contributed by atoms with Gasteiger partial charge in [-0.15, -0.1) is 0 Å². The molecular weight excluding hydrogens is 538 g/mol. The van der Waals surface area contributed by atoms with E-state index in [0.717, 1.165) is 16.7 Å². The molecule has 0 bridgehead atoms. The highest BCUT2D eigenvalue weighted by Gasteiger charge is 2.36. The van der Waals surface area contributed by atoms with Crippen molar-refractivity contribution in [3.8, 4) is 17.2 Å². The van der Waals surface area contributed by atoms with Gasteiger partial charge in [-0.3, -0.25) is 4.79 Å². The minimum absolute atomic E-state index is 0.0515. The molecule has 4 aromatic rings. The fourth-order valence-corrected chi connectivity index (χ4v) is 5.49. The van der Waals surface area contributed by atoms with Gasteiger partial charge in [0, 0.05) is 10.7 Å². The number of amides is 1. The van der Waals surface area contributed by atoms with Crippen molar-refractivity contribution in [2.45, 2.75) is 44.9 Å². The topological polar surface area (TPSA) is 68.2 Å². The normalized spacial score (nSPS) is 16.2. The third-order valence-corrected chi connectivity index (χ3v) is 7.73. The maximum absolute atomic E-state index is 13.8. The van der Waals surface area contributed by atoms with Crippen molar-refractivity contribution in [1.29, 1.82) is 0 Å². The van der Waals surface area contributed by atoms with E-state index in [9.17, 15) is 9.90 Å². The predicted molar refractivity (Wildman–Crippen MR) is 161 cm³/mol. The smallest absolute Gasteiger partial charge is 0.232 e. The van der Waals surface area contributed by atoms with Gasteiger partial charge in [-0.05, 0) is 97.1 Å². The van der Waals surface area contributed by atoms with Crippen molar-refractivity contribution in [3.05, 3.63) is 118 Å². The highest BCUT2D eigenvalue weighted by molar-refractivity contribution is 6.30. The van der Waals surface area contributed by atoms with Gasteiger partial charge in [-0.2, -0.15) is 0 Å². The lowest BCUT2D eigenvalue weighted by atomic mass is 9.86. The molecule has 0 fully saturated rings. The van der Waals surface area contributed by atoms with Gasteiger partial charge in [0.2, 0.25) is 5.91 Å². The molecule has 0 aromatic heterocycles. The SMILES string of the molecule is COc1cccc(C(C)(O)c2ccc(N3C(=O)Cc4cc(OC)c(OC(C)C)cc4[C@@H]3c3ccc(Cl)cc3)cc2)c1. The summed E-state index contributed by atoms with van der Waals surface area (Å²) < 4.78 is 17.1. The molecule has 1 N–H and O–H groups in total. The van der Waals surface area contributed by atoms with Crippen LogP contribution in [-0.2, 0) is 16.8 Å². The van der Waals surface area contributed by atoms with Crippen molar-refractivity contribution in [2.24, 2.45) is 0 Å². The third kappa shape index (κ3) is 5.63. The standard InChI is InChI=1S/C34H34ClNO5/c1-21(2)41-31-20-29-23(17-30(31)40-5)18-32(37)36(33(29)22-9-13-26(35)14-10-22)27-15-11-24(12-16-27)34(3,38)25-7-6-8-28(19-25)39-4/h6-17,19-21,33,38H,18H2,1-5H3/t33-,34?/m0/s1. The Balaban J connectivity index is 1.60. The lowest BCUT2D eigenvalue weighted by Gasteiger charge is -2.38. The van der Waals surface area contributed by atoms with Crippen molar-refractivity contribution in [2.75, 3.05) is 19.1 Å². The number of ether oxygens (including phenoxy) is 3. The van der Waals surface area contributed by atoms with E-state index in [0.29, 0.717) is 39.1 Å². The summed E-state index contributed by atoms with van der Waals surface area (Å²) in [4.78, 5) is 15.6. The quantitative estimate of drug-likeness (QED) is 0.245. The highest BCUT2D eigenvalue weighted by Crippen LogP contribution is 2.44. The molecule has 0 aliphatic carbocycles. The molecule has 1 amide bonds. The summed E-state index contributed by atoms with van der Waals surface area (Å²) in [5.41, 5.74) is 3.61. The largest absolute Gasteiger partial charge is 0.497 e. The number of aliphatic hydroxyl groups is 1. The second-order valence-corrected chi connectivity index (χ2v) is 11.1. The number of carbonyl (C=O) groups excluding carboxylic acids is 1. The second kappa shape index (κ2) is 11.5. The second-order valence-electron chi connectivity index (χ2n) is 10.6. The molecule has 1 aliphatic heterocycles. The molecule has 1 unspecified atom stereocenters. The first-order chi connectivity index (χ1) is 19.6. The summed E-state index contributed by atoms with van der Waals surface area (Å²) in [5.74, 6) is 1.83. The van der Waals surface area contributed by atoms with Crippen LogP contribution >= 0.6 is 11.6 Å². The van der Waals surface area contributed by atoms with Crippen LogP contribution in [0.4, 0.5) is 5.69 Å². The third-order valence-electron chi connectivity index (χ3n) is 7.48. The first-order valence-corrected chi connectivity index (χ1v) is 13.9. The van der Waals surface area contributed by atoms with Crippen molar-refractivity contribution in [1.82, 2.24) is 0 Å². The van der Waals surface area contributed by atoms with Crippen molar-refractivity contribution in [3.63, 3.8) is 0 Å². The number of anilines is 1. The molecule has 212 valence electrons. The van der Waals surface area contributed by atoms with Gasteiger partial charge in [-0.25, -0.2) is 0 Å². The zero-order valence-electron chi connectivity index (χ0n) is 23.9. The average molecular weight is 572 g/mol. The van der Waals surface area contributed by atoms with Crippen LogP contribution in [0.5, 0.6) is 17.2 Å². The van der Waals surface area contributed by atoms with E-state index in [1.54, 1.807) is 26.0 Å². The fourth-order valence-electron chi connectivity index (χ4n) is 5.37. The predicted octanol–water partition coefficient (Wildman–Crippen LogP) is 7.08. The molecule has 41 heavy (non-hydrogen) atoms. The number of fused-ring (bicyclic) bond motifs is 1. The Morgan fingerprint density at radius 3 is 2.24 bits per heavy atom. The van der Waals surface area contributed by atoms with Gasteiger partial charge in [-0.1, -0.05) is 48.0 Å². The van der Waals surface area contributed by atoms with Crippen LogP contribution in [0.25, 0.3) is 0 Å². The molecule has 0 saturated carbocycles. The molecule has 0 spiro atoms. The number of hydrogen-bond donors (Lipinski definition) is 1. The van der Waals surface area contributed by atoms with E-state index >= 15 is 0 Å².